The molecule has 0 aromatic heterocycles. The fourth-order valence-corrected chi connectivity index (χ4v) is 0. The molecule has 0 saturated carbocycles. The highest BCUT2D eigenvalue weighted by Gasteiger charge is 1.58. The van der Waals surface area contributed by atoms with Crippen LogP contribution in [0, 0.1) is 0 Å². The fraction of sp³-hybridized carbons (Fsp3) is 1.00. The molecule has 0 aromatic rings. The van der Waals surface area contributed by atoms with Gasteiger partial charge in [0.05, 0.1) is 13.2 Å². The van der Waals surface area contributed by atoms with Crippen LogP contribution in [0.2, 0.25) is 0 Å². The van der Waals surface area contributed by atoms with E-state index in [-0.39, 0.29) is 13.2 Å². The highest BCUT2D eigenvalue weighted by molar-refractivity contribution is 7.84. The number of rotatable bonds is 4. The van der Waals surface area contributed by atoms with Crippen molar-refractivity contribution in [2.45, 2.75) is 0 Å². The molecule has 0 fully saturated rings. The van der Waals surface area contributed by atoms with Crippen LogP contribution in [0.15, 0.2) is 0 Å². The van der Waals surface area contributed by atoms with Crippen LogP contribution in [-0.2, 0) is 0 Å². The summed E-state index contributed by atoms with van der Waals surface area (Å²) in [5.74, 6) is 5.27. The molecule has 0 saturated heterocycles. The second kappa shape index (κ2) is 43.5. The van der Waals surface area contributed by atoms with Crippen molar-refractivity contribution in [2.24, 2.45) is 0 Å². The van der Waals surface area contributed by atoms with Crippen molar-refractivity contribution in [3.8, 4) is 0 Å². The van der Waals surface area contributed by atoms with Crippen molar-refractivity contribution in [2.75, 3.05) is 47.7 Å². The van der Waals surface area contributed by atoms with Gasteiger partial charge in [0.2, 0.25) is 0 Å². The number of hydrogen-bond acceptors (Lipinski definition) is 8. The molecular weight excluding hydrogens is 320 g/mol. The predicted molar refractivity (Wildman–Crippen MR) is 97.3 cm³/mol. The van der Waals surface area contributed by atoms with E-state index in [2.05, 4.69) is 75.8 Å². The van der Waals surface area contributed by atoms with Gasteiger partial charge in [-0.2, -0.15) is 75.8 Å². The van der Waals surface area contributed by atoms with E-state index in [1.54, 1.807) is 0 Å². The third kappa shape index (κ3) is 99.7. The molecule has 0 spiro atoms. The summed E-state index contributed by atoms with van der Waals surface area (Å²) < 4.78 is 0. The molecule has 0 aliphatic heterocycles. The Bertz CT molecular complexity index is 46.5. The first kappa shape index (κ1) is 26.6. The third-order valence-corrected chi connectivity index (χ3v) is 2.80. The van der Waals surface area contributed by atoms with Gasteiger partial charge < -0.3 is 10.2 Å². The molecule has 2 nitrogen and oxygen atoms in total. The molecule has 0 aliphatic carbocycles. The summed E-state index contributed by atoms with van der Waals surface area (Å²) in [6.07, 6.45) is 0. The van der Waals surface area contributed by atoms with Crippen molar-refractivity contribution in [3.05, 3.63) is 0 Å². The van der Waals surface area contributed by atoms with Crippen molar-refractivity contribution < 1.29 is 10.2 Å². The summed E-state index contributed by atoms with van der Waals surface area (Å²) in [5.41, 5.74) is 0. The van der Waals surface area contributed by atoms with Gasteiger partial charge in [0.1, 0.15) is 0 Å². The average Bonchev–Trinajstić information content (AvgIpc) is 2.39. The van der Waals surface area contributed by atoms with Crippen LogP contribution in [0.5, 0.6) is 0 Å². The predicted octanol–water partition coefficient (Wildman–Crippen LogP) is 1.51. The highest BCUT2D eigenvalue weighted by atomic mass is 32.1. The Labute approximate surface area is 133 Å². The molecule has 0 amide bonds. The van der Waals surface area contributed by atoms with E-state index in [1.807, 2.05) is 0 Å². The molecular formula is C8H24O2S6. The molecule has 0 bridgehead atoms. The second-order valence-electron chi connectivity index (χ2n) is 1.79. The Kier molecular flexibility index (Phi) is 72.2. The average molecular weight is 345 g/mol. The molecule has 8 heteroatoms. The zero-order valence-corrected chi connectivity index (χ0v) is 14.6. The van der Waals surface area contributed by atoms with Crippen molar-refractivity contribution in [1.82, 2.24) is 0 Å². The van der Waals surface area contributed by atoms with Gasteiger partial charge in [0, 0.05) is 0 Å². The molecule has 2 N–H and O–H groups in total. The van der Waals surface area contributed by atoms with Gasteiger partial charge >= 0.3 is 0 Å². The standard InChI is InChI=1S/C2H6O2.3C2H6S2/c4*3-1-2-4/h4*3-4H,1-2H2. The molecule has 0 radical (unpaired) electrons. The normalized spacial score (nSPS) is 7.50. The maximum atomic E-state index is 7.62. The molecule has 0 rings (SSSR count). The third-order valence-electron chi connectivity index (χ3n) is 0.400. The van der Waals surface area contributed by atoms with E-state index >= 15 is 0 Å². The van der Waals surface area contributed by atoms with Crippen molar-refractivity contribution >= 4 is 75.8 Å². The van der Waals surface area contributed by atoms with E-state index in [0.29, 0.717) is 0 Å². The zero-order chi connectivity index (χ0) is 13.7. The monoisotopic (exact) mass is 344 g/mol. The maximum Gasteiger partial charge on any atom is 0.0662 e. The van der Waals surface area contributed by atoms with Gasteiger partial charge in [-0.25, -0.2) is 0 Å². The molecule has 0 aromatic carbocycles. The number of aliphatic hydroxyl groups excluding tert-OH is 2. The molecule has 0 aliphatic rings. The Balaban J connectivity index is -0.0000000600. The Morgan fingerprint density at radius 2 is 0.562 bits per heavy atom. The first-order chi connectivity index (χ1) is 7.66. The van der Waals surface area contributed by atoms with Gasteiger partial charge in [0.15, 0.2) is 0 Å². The van der Waals surface area contributed by atoms with E-state index in [4.69, 9.17) is 10.2 Å². The van der Waals surface area contributed by atoms with Crippen LogP contribution in [0.3, 0.4) is 0 Å². The Hall–Kier alpha value is 2.02. The smallest absolute Gasteiger partial charge is 0.0662 e. The van der Waals surface area contributed by atoms with Gasteiger partial charge in [0.25, 0.3) is 0 Å². The summed E-state index contributed by atoms with van der Waals surface area (Å²) in [6, 6.07) is 0. The molecule has 0 unspecified atom stereocenters. The molecule has 0 atom stereocenters. The SMILES string of the molecule is OCCO.SCCS.SCCS.SCCS. The van der Waals surface area contributed by atoms with E-state index in [1.165, 1.54) is 0 Å². The van der Waals surface area contributed by atoms with Gasteiger partial charge in [-0.15, -0.1) is 0 Å². The minimum Gasteiger partial charge on any atom is -0.394 e. The minimum atomic E-state index is -0.125. The zero-order valence-electron chi connectivity index (χ0n) is 9.23. The van der Waals surface area contributed by atoms with E-state index in [9.17, 15) is 0 Å². The van der Waals surface area contributed by atoms with Crippen LogP contribution in [-0.4, -0.2) is 57.9 Å². The lowest BCUT2D eigenvalue weighted by Crippen LogP contribution is -1.85. The summed E-state index contributed by atoms with van der Waals surface area (Å²) >= 11 is 23.1. The summed E-state index contributed by atoms with van der Waals surface area (Å²) in [5, 5.41) is 15.2. The number of thiol groups is 6. The summed E-state index contributed by atoms with van der Waals surface area (Å²) in [6.45, 7) is -0.250. The van der Waals surface area contributed by atoms with E-state index in [0.717, 1.165) is 34.5 Å². The first-order valence-corrected chi connectivity index (χ1v) is 8.32. The first-order valence-electron chi connectivity index (χ1n) is 4.53. The molecule has 0 heterocycles. The van der Waals surface area contributed by atoms with Gasteiger partial charge in [-0.05, 0) is 34.5 Å². The minimum absolute atomic E-state index is 0.125. The van der Waals surface area contributed by atoms with Crippen LogP contribution in [0.1, 0.15) is 0 Å². The van der Waals surface area contributed by atoms with Crippen LogP contribution in [0.4, 0.5) is 0 Å². The van der Waals surface area contributed by atoms with Crippen LogP contribution < -0.4 is 0 Å². The Morgan fingerprint density at radius 3 is 0.562 bits per heavy atom. The maximum absolute atomic E-state index is 7.62. The topological polar surface area (TPSA) is 40.5 Å². The summed E-state index contributed by atoms with van der Waals surface area (Å²) in [4.78, 5) is 0. The van der Waals surface area contributed by atoms with Crippen LogP contribution >= 0.6 is 75.8 Å². The highest BCUT2D eigenvalue weighted by Crippen LogP contribution is 1.73. The lowest BCUT2D eigenvalue weighted by atomic mass is 10.8. The van der Waals surface area contributed by atoms with Crippen molar-refractivity contribution in [3.63, 3.8) is 0 Å². The van der Waals surface area contributed by atoms with Crippen LogP contribution in [0.25, 0.3) is 0 Å². The van der Waals surface area contributed by atoms with Crippen molar-refractivity contribution in [1.29, 1.82) is 0 Å². The number of hydrogen-bond donors (Lipinski definition) is 8. The van der Waals surface area contributed by atoms with Gasteiger partial charge in [-0.3, -0.25) is 0 Å². The fourth-order valence-electron chi connectivity index (χ4n) is 0. The largest absolute Gasteiger partial charge is 0.394 e. The quantitative estimate of drug-likeness (QED) is 0.373. The number of aliphatic hydroxyl groups is 2. The lowest BCUT2D eigenvalue weighted by Gasteiger charge is -1.70. The summed E-state index contributed by atoms with van der Waals surface area (Å²) in [7, 11) is 0. The lowest BCUT2D eigenvalue weighted by molar-refractivity contribution is 0.186. The second-order valence-corrected chi connectivity index (χ2v) is 4.47. The molecule has 16 heavy (non-hydrogen) atoms. The van der Waals surface area contributed by atoms with E-state index < -0.39 is 0 Å². The Morgan fingerprint density at radius 1 is 0.438 bits per heavy atom. The van der Waals surface area contributed by atoms with Gasteiger partial charge in [-0.1, -0.05) is 0 Å². The molecule has 104 valence electrons.